The molecule has 0 N–H and O–H groups in total. The summed E-state index contributed by atoms with van der Waals surface area (Å²) in [5, 5.41) is 0. The summed E-state index contributed by atoms with van der Waals surface area (Å²) in [4.78, 5) is 11.8. The molecule has 4 heteroatoms. The van der Waals surface area contributed by atoms with Crippen LogP contribution in [-0.2, 0) is 20.9 Å². The van der Waals surface area contributed by atoms with Crippen LogP contribution in [0.3, 0.4) is 0 Å². The Hall–Kier alpha value is -1.81. The highest BCUT2D eigenvalue weighted by Gasteiger charge is 2.16. The second-order valence-corrected chi connectivity index (χ2v) is 6.15. The lowest BCUT2D eigenvalue weighted by atomic mass is 10.1. The number of cyclic esters (lactones) is 1. The zero-order valence-electron chi connectivity index (χ0n) is 14.7. The van der Waals surface area contributed by atoms with Gasteiger partial charge in [-0.2, -0.15) is 0 Å². The molecule has 24 heavy (non-hydrogen) atoms. The third-order valence-corrected chi connectivity index (χ3v) is 4.15. The van der Waals surface area contributed by atoms with Crippen molar-refractivity contribution in [3.05, 3.63) is 42.0 Å². The van der Waals surface area contributed by atoms with Crippen LogP contribution >= 0.6 is 0 Å². The molecule has 2 atom stereocenters. The van der Waals surface area contributed by atoms with Crippen molar-refractivity contribution in [1.82, 2.24) is 0 Å². The topological polar surface area (TPSA) is 44.8 Å². The largest absolute Gasteiger partial charge is 0.497 e. The third-order valence-electron chi connectivity index (χ3n) is 4.15. The molecule has 0 bridgehead atoms. The van der Waals surface area contributed by atoms with E-state index in [0.29, 0.717) is 13.0 Å². The third kappa shape index (κ3) is 6.36. The van der Waals surface area contributed by atoms with Crippen molar-refractivity contribution in [2.75, 3.05) is 7.11 Å². The van der Waals surface area contributed by atoms with Gasteiger partial charge >= 0.3 is 5.97 Å². The minimum Gasteiger partial charge on any atom is -0.497 e. The van der Waals surface area contributed by atoms with Crippen LogP contribution in [-0.4, -0.2) is 25.3 Å². The highest BCUT2D eigenvalue weighted by atomic mass is 16.5. The Kier molecular flexibility index (Phi) is 7.83. The number of methoxy groups -OCH3 is 1. The number of carbonyl (C=O) groups excluding carboxylic acids is 1. The molecular formula is C20H28O4. The van der Waals surface area contributed by atoms with Crippen molar-refractivity contribution in [2.24, 2.45) is 0 Å². The van der Waals surface area contributed by atoms with Gasteiger partial charge in [-0.3, -0.25) is 4.79 Å². The van der Waals surface area contributed by atoms with Gasteiger partial charge in [0.05, 0.1) is 19.8 Å². The fraction of sp³-hybridized carbons (Fsp3) is 0.550. The van der Waals surface area contributed by atoms with Gasteiger partial charge in [-0.25, -0.2) is 0 Å². The van der Waals surface area contributed by atoms with E-state index in [0.717, 1.165) is 43.4 Å². The van der Waals surface area contributed by atoms with Crippen molar-refractivity contribution < 1.29 is 19.0 Å². The fourth-order valence-electron chi connectivity index (χ4n) is 2.78. The minimum absolute atomic E-state index is 0.000844. The smallest absolute Gasteiger partial charge is 0.306 e. The summed E-state index contributed by atoms with van der Waals surface area (Å²) >= 11 is 0. The van der Waals surface area contributed by atoms with E-state index in [1.165, 1.54) is 0 Å². The lowest BCUT2D eigenvalue weighted by molar-refractivity contribution is -0.149. The van der Waals surface area contributed by atoms with Gasteiger partial charge in [0.15, 0.2) is 0 Å². The predicted octanol–water partition coefficient (Wildman–Crippen LogP) is 4.42. The maximum atomic E-state index is 11.8. The number of hydrogen-bond acceptors (Lipinski definition) is 4. The van der Waals surface area contributed by atoms with E-state index < -0.39 is 0 Å². The Bertz CT molecular complexity index is 521. The average Bonchev–Trinajstić information content (AvgIpc) is 2.59. The molecule has 0 fully saturated rings. The molecular weight excluding hydrogens is 304 g/mol. The molecule has 0 amide bonds. The molecule has 0 spiro atoms. The van der Waals surface area contributed by atoms with Crippen LogP contribution in [0.1, 0.15) is 51.0 Å². The molecule has 1 aliphatic heterocycles. The summed E-state index contributed by atoms with van der Waals surface area (Å²) in [6.45, 7) is 2.67. The van der Waals surface area contributed by atoms with Crippen LogP contribution in [0, 0.1) is 0 Å². The number of esters is 1. The predicted molar refractivity (Wildman–Crippen MR) is 94.0 cm³/mol. The first kappa shape index (κ1) is 18.5. The second kappa shape index (κ2) is 10.1. The Morgan fingerprint density at radius 2 is 2.04 bits per heavy atom. The molecule has 0 saturated heterocycles. The molecule has 1 aliphatic rings. The number of ether oxygens (including phenoxy) is 3. The number of benzene rings is 1. The highest BCUT2D eigenvalue weighted by molar-refractivity contribution is 5.69. The van der Waals surface area contributed by atoms with Crippen molar-refractivity contribution in [3.8, 4) is 5.75 Å². The lowest BCUT2D eigenvalue weighted by Gasteiger charge is -2.19. The molecule has 1 aromatic rings. The fourth-order valence-corrected chi connectivity index (χ4v) is 2.78. The Morgan fingerprint density at radius 3 is 2.75 bits per heavy atom. The van der Waals surface area contributed by atoms with Crippen LogP contribution < -0.4 is 4.74 Å². The van der Waals surface area contributed by atoms with E-state index in [-0.39, 0.29) is 18.2 Å². The van der Waals surface area contributed by atoms with E-state index in [1.807, 2.05) is 24.3 Å². The molecule has 0 radical (unpaired) electrons. The molecule has 0 aliphatic carbocycles. The number of rotatable bonds is 6. The van der Waals surface area contributed by atoms with Gasteiger partial charge in [0.1, 0.15) is 11.9 Å². The first-order chi connectivity index (χ1) is 11.7. The molecule has 4 nitrogen and oxygen atoms in total. The SMILES string of the molecule is CCC[C@@H]1C/C=C\C(OCc2ccc(OC)cc2)CCCC(=O)O1. The number of carbonyl (C=O) groups is 1. The zero-order chi connectivity index (χ0) is 17.2. The van der Waals surface area contributed by atoms with Crippen LogP contribution in [0.15, 0.2) is 36.4 Å². The van der Waals surface area contributed by atoms with Gasteiger partial charge < -0.3 is 14.2 Å². The number of hydrogen-bond donors (Lipinski definition) is 0. The van der Waals surface area contributed by atoms with Crippen LogP contribution in [0.5, 0.6) is 5.75 Å². The molecule has 1 unspecified atom stereocenters. The van der Waals surface area contributed by atoms with Crippen molar-refractivity contribution in [2.45, 2.75) is 64.3 Å². The monoisotopic (exact) mass is 332 g/mol. The van der Waals surface area contributed by atoms with Gasteiger partial charge in [0.25, 0.3) is 0 Å². The van der Waals surface area contributed by atoms with Gasteiger partial charge in [-0.1, -0.05) is 37.6 Å². The lowest BCUT2D eigenvalue weighted by Crippen LogP contribution is -2.20. The standard InChI is InChI=1S/C20H28O4/c1-3-6-19-9-4-7-18(8-5-10-20(21)24-19)23-15-16-11-13-17(22-2)14-12-16/h4,7,11-14,18-19H,3,5-6,8-10,15H2,1-2H3/b7-4-/t18?,19-/m1/s1. The summed E-state index contributed by atoms with van der Waals surface area (Å²) in [5.41, 5.74) is 1.12. The molecule has 132 valence electrons. The van der Waals surface area contributed by atoms with Crippen molar-refractivity contribution >= 4 is 5.97 Å². The van der Waals surface area contributed by atoms with Crippen LogP contribution in [0.25, 0.3) is 0 Å². The molecule has 1 aromatic carbocycles. The first-order valence-electron chi connectivity index (χ1n) is 8.82. The summed E-state index contributed by atoms with van der Waals surface area (Å²) in [7, 11) is 1.66. The van der Waals surface area contributed by atoms with Crippen LogP contribution in [0.2, 0.25) is 0 Å². The van der Waals surface area contributed by atoms with Gasteiger partial charge in [0.2, 0.25) is 0 Å². The van der Waals surface area contributed by atoms with Crippen LogP contribution in [0.4, 0.5) is 0 Å². The molecule has 1 heterocycles. The molecule has 0 aromatic heterocycles. The molecule has 0 saturated carbocycles. The van der Waals surface area contributed by atoms with E-state index in [9.17, 15) is 4.79 Å². The van der Waals surface area contributed by atoms with Gasteiger partial charge in [-0.15, -0.1) is 0 Å². The van der Waals surface area contributed by atoms with E-state index in [1.54, 1.807) is 7.11 Å². The average molecular weight is 332 g/mol. The summed E-state index contributed by atoms with van der Waals surface area (Å²) < 4.78 is 16.7. The van der Waals surface area contributed by atoms with E-state index in [4.69, 9.17) is 14.2 Å². The molecule has 2 rings (SSSR count). The van der Waals surface area contributed by atoms with E-state index >= 15 is 0 Å². The normalized spacial score (nSPS) is 23.3. The quantitative estimate of drug-likeness (QED) is 0.571. The van der Waals surface area contributed by atoms with Crippen molar-refractivity contribution in [1.29, 1.82) is 0 Å². The summed E-state index contributed by atoms with van der Waals surface area (Å²) in [5.74, 6) is 0.760. The maximum absolute atomic E-state index is 11.8. The minimum atomic E-state index is -0.0855. The maximum Gasteiger partial charge on any atom is 0.306 e. The highest BCUT2D eigenvalue weighted by Crippen LogP contribution is 2.17. The second-order valence-electron chi connectivity index (χ2n) is 6.15. The zero-order valence-corrected chi connectivity index (χ0v) is 14.7. The summed E-state index contributed by atoms with van der Waals surface area (Å²) in [6.07, 6.45) is 9.03. The van der Waals surface area contributed by atoms with Crippen molar-refractivity contribution in [3.63, 3.8) is 0 Å². The Balaban J connectivity index is 1.90. The first-order valence-corrected chi connectivity index (χ1v) is 8.82. The van der Waals surface area contributed by atoms with E-state index in [2.05, 4.69) is 19.1 Å². The summed E-state index contributed by atoms with van der Waals surface area (Å²) in [6, 6.07) is 7.90. The van der Waals surface area contributed by atoms with Gasteiger partial charge in [-0.05, 0) is 37.0 Å². The van der Waals surface area contributed by atoms with Gasteiger partial charge in [0, 0.05) is 12.8 Å². The Morgan fingerprint density at radius 1 is 1.25 bits per heavy atom. The Labute approximate surface area is 144 Å².